The van der Waals surface area contributed by atoms with Gasteiger partial charge in [-0.05, 0) is 23.8 Å². The first-order valence-corrected chi connectivity index (χ1v) is 8.59. The Labute approximate surface area is 163 Å². The molecule has 0 aliphatic rings. The van der Waals surface area contributed by atoms with Crippen LogP contribution in [0, 0.1) is 0 Å². The molecule has 0 aliphatic carbocycles. The van der Waals surface area contributed by atoms with E-state index in [0.29, 0.717) is 29.4 Å². The zero-order chi connectivity index (χ0) is 20.1. The Morgan fingerprint density at radius 3 is 2.54 bits per heavy atom. The summed E-state index contributed by atoms with van der Waals surface area (Å²) >= 11 is 0. The molecule has 0 spiro atoms. The van der Waals surface area contributed by atoms with Gasteiger partial charge in [-0.15, -0.1) is 0 Å². The predicted molar refractivity (Wildman–Crippen MR) is 104 cm³/mol. The highest BCUT2D eigenvalue weighted by molar-refractivity contribution is 5.98. The van der Waals surface area contributed by atoms with E-state index in [1.54, 1.807) is 29.2 Å². The lowest BCUT2D eigenvalue weighted by Gasteiger charge is -2.16. The van der Waals surface area contributed by atoms with Gasteiger partial charge in [0.25, 0.3) is 5.91 Å². The summed E-state index contributed by atoms with van der Waals surface area (Å²) in [5, 5.41) is 7.10. The van der Waals surface area contributed by atoms with Gasteiger partial charge in [-0.1, -0.05) is 6.07 Å². The van der Waals surface area contributed by atoms with Crippen molar-refractivity contribution in [2.75, 3.05) is 21.3 Å². The second-order valence-electron chi connectivity index (χ2n) is 5.98. The number of methoxy groups -OCH3 is 3. The molecule has 0 saturated heterocycles. The third-order valence-corrected chi connectivity index (χ3v) is 4.26. The van der Waals surface area contributed by atoms with Crippen LogP contribution >= 0.6 is 0 Å². The number of hydrogen-bond donors (Lipinski definition) is 1. The number of rotatable bonds is 7. The average molecular weight is 382 g/mol. The fraction of sp³-hybridized carbons (Fsp3) is 0.250. The minimum atomic E-state index is -0.293. The Bertz CT molecular complexity index is 984. The lowest BCUT2D eigenvalue weighted by Crippen LogP contribution is -2.24. The highest BCUT2D eigenvalue weighted by atomic mass is 16.5. The van der Waals surface area contributed by atoms with Crippen molar-refractivity contribution in [3.63, 3.8) is 0 Å². The molecule has 0 saturated carbocycles. The van der Waals surface area contributed by atoms with E-state index in [-0.39, 0.29) is 5.91 Å². The number of nitrogens with one attached hydrogen (secondary N) is 1. The first kappa shape index (κ1) is 19.2. The van der Waals surface area contributed by atoms with Gasteiger partial charge in [0.05, 0.1) is 38.8 Å². The molecule has 0 atom stereocenters. The van der Waals surface area contributed by atoms with Crippen molar-refractivity contribution in [1.29, 1.82) is 0 Å². The number of ether oxygens (including phenoxy) is 3. The SMILES string of the molecule is COc1ccc(C(=O)NCc2cccnc2-c2cnn(C)c2)c(OC)c1OC. The number of aromatic nitrogens is 3. The third kappa shape index (κ3) is 3.75. The Morgan fingerprint density at radius 2 is 1.89 bits per heavy atom. The Kier molecular flexibility index (Phi) is 5.78. The van der Waals surface area contributed by atoms with Crippen LogP contribution in [-0.2, 0) is 13.6 Å². The van der Waals surface area contributed by atoms with E-state index in [0.717, 1.165) is 16.8 Å². The number of nitrogens with zero attached hydrogens (tertiary/aromatic N) is 3. The molecule has 0 aliphatic heterocycles. The summed E-state index contributed by atoms with van der Waals surface area (Å²) in [5.41, 5.74) is 2.89. The number of aryl methyl sites for hydroxylation is 1. The van der Waals surface area contributed by atoms with Crippen molar-refractivity contribution >= 4 is 5.91 Å². The molecular weight excluding hydrogens is 360 g/mol. The molecule has 1 aromatic carbocycles. The fourth-order valence-electron chi connectivity index (χ4n) is 2.94. The fourth-order valence-corrected chi connectivity index (χ4v) is 2.94. The largest absolute Gasteiger partial charge is 0.493 e. The van der Waals surface area contributed by atoms with Gasteiger partial charge in [-0.25, -0.2) is 0 Å². The van der Waals surface area contributed by atoms with Gasteiger partial charge in [0, 0.05) is 31.5 Å². The first-order valence-electron chi connectivity index (χ1n) is 8.59. The van der Waals surface area contributed by atoms with Crippen LogP contribution in [-0.4, -0.2) is 42.0 Å². The minimum absolute atomic E-state index is 0.293. The lowest BCUT2D eigenvalue weighted by molar-refractivity contribution is 0.0947. The van der Waals surface area contributed by atoms with Crippen molar-refractivity contribution in [3.8, 4) is 28.5 Å². The van der Waals surface area contributed by atoms with Crippen molar-refractivity contribution in [3.05, 3.63) is 54.0 Å². The van der Waals surface area contributed by atoms with Gasteiger partial charge in [-0.3, -0.25) is 14.5 Å². The van der Waals surface area contributed by atoms with Crippen molar-refractivity contribution in [1.82, 2.24) is 20.1 Å². The molecule has 0 radical (unpaired) electrons. The second-order valence-corrected chi connectivity index (χ2v) is 5.98. The van der Waals surface area contributed by atoms with Crippen LogP contribution in [0.2, 0.25) is 0 Å². The van der Waals surface area contributed by atoms with E-state index < -0.39 is 0 Å². The molecule has 0 unspecified atom stereocenters. The Balaban J connectivity index is 1.84. The molecule has 8 heteroatoms. The monoisotopic (exact) mass is 382 g/mol. The predicted octanol–water partition coefficient (Wildman–Crippen LogP) is 2.44. The van der Waals surface area contributed by atoms with E-state index in [1.807, 2.05) is 25.4 Å². The molecular formula is C20H22N4O4. The number of carbonyl (C=O) groups is 1. The summed E-state index contributed by atoms with van der Waals surface area (Å²) in [5.74, 6) is 0.883. The summed E-state index contributed by atoms with van der Waals surface area (Å²) in [6.45, 7) is 0.300. The molecule has 8 nitrogen and oxygen atoms in total. The number of pyridine rings is 1. The number of amides is 1. The van der Waals surface area contributed by atoms with Crippen LogP contribution in [0.1, 0.15) is 15.9 Å². The molecule has 2 aromatic heterocycles. The van der Waals surface area contributed by atoms with Gasteiger partial charge in [-0.2, -0.15) is 5.10 Å². The Hall–Kier alpha value is -3.55. The van der Waals surface area contributed by atoms with E-state index in [1.165, 1.54) is 21.3 Å². The van der Waals surface area contributed by atoms with E-state index in [4.69, 9.17) is 14.2 Å². The van der Waals surface area contributed by atoms with Crippen LogP contribution in [0.5, 0.6) is 17.2 Å². The van der Waals surface area contributed by atoms with Crippen LogP contribution < -0.4 is 19.5 Å². The molecule has 146 valence electrons. The van der Waals surface area contributed by atoms with Crippen LogP contribution in [0.15, 0.2) is 42.9 Å². The summed E-state index contributed by atoms with van der Waals surface area (Å²) in [4.78, 5) is 17.2. The molecule has 0 fully saturated rings. The van der Waals surface area contributed by atoms with Gasteiger partial charge in [0.1, 0.15) is 0 Å². The zero-order valence-corrected chi connectivity index (χ0v) is 16.2. The molecule has 3 aromatic rings. The van der Waals surface area contributed by atoms with Crippen LogP contribution in [0.4, 0.5) is 0 Å². The van der Waals surface area contributed by atoms with Crippen LogP contribution in [0.3, 0.4) is 0 Å². The lowest BCUT2D eigenvalue weighted by atomic mass is 10.1. The van der Waals surface area contributed by atoms with Crippen molar-refractivity contribution < 1.29 is 19.0 Å². The van der Waals surface area contributed by atoms with Gasteiger partial charge < -0.3 is 19.5 Å². The van der Waals surface area contributed by atoms with Gasteiger partial charge >= 0.3 is 0 Å². The molecule has 0 bridgehead atoms. The third-order valence-electron chi connectivity index (χ3n) is 4.26. The zero-order valence-electron chi connectivity index (χ0n) is 16.2. The smallest absolute Gasteiger partial charge is 0.255 e. The summed E-state index contributed by atoms with van der Waals surface area (Å²) in [6.07, 6.45) is 5.33. The van der Waals surface area contributed by atoms with E-state index in [2.05, 4.69) is 15.4 Å². The topological polar surface area (TPSA) is 87.5 Å². The quantitative estimate of drug-likeness (QED) is 0.675. The molecule has 1 N–H and O–H groups in total. The Morgan fingerprint density at radius 1 is 1.11 bits per heavy atom. The molecule has 1 amide bonds. The summed E-state index contributed by atoms with van der Waals surface area (Å²) in [6, 6.07) is 7.06. The highest BCUT2D eigenvalue weighted by Gasteiger charge is 2.21. The maximum absolute atomic E-state index is 12.8. The van der Waals surface area contributed by atoms with Crippen molar-refractivity contribution in [2.45, 2.75) is 6.54 Å². The number of hydrogen-bond acceptors (Lipinski definition) is 6. The minimum Gasteiger partial charge on any atom is -0.493 e. The number of carbonyl (C=O) groups excluding carboxylic acids is 1. The van der Waals surface area contributed by atoms with Gasteiger partial charge in [0.2, 0.25) is 5.75 Å². The second kappa shape index (κ2) is 8.43. The number of benzene rings is 1. The van der Waals surface area contributed by atoms with Crippen molar-refractivity contribution in [2.24, 2.45) is 7.05 Å². The first-order chi connectivity index (χ1) is 13.6. The molecule has 2 heterocycles. The standard InChI is InChI=1S/C20H22N4O4/c1-24-12-14(11-23-24)17-13(6-5-9-21-17)10-22-20(25)15-7-8-16(26-2)19(28-4)18(15)27-3/h5-9,11-12H,10H2,1-4H3,(H,22,25). The normalized spacial score (nSPS) is 10.4. The average Bonchev–Trinajstić information content (AvgIpc) is 3.16. The summed E-state index contributed by atoms with van der Waals surface area (Å²) < 4.78 is 17.7. The van der Waals surface area contributed by atoms with E-state index in [9.17, 15) is 4.79 Å². The molecule has 3 rings (SSSR count). The maximum Gasteiger partial charge on any atom is 0.255 e. The highest BCUT2D eigenvalue weighted by Crippen LogP contribution is 2.39. The van der Waals surface area contributed by atoms with Gasteiger partial charge in [0.15, 0.2) is 11.5 Å². The maximum atomic E-state index is 12.8. The molecule has 28 heavy (non-hydrogen) atoms. The van der Waals surface area contributed by atoms with E-state index >= 15 is 0 Å². The summed E-state index contributed by atoms with van der Waals surface area (Å²) in [7, 11) is 6.35. The van der Waals surface area contributed by atoms with Crippen LogP contribution in [0.25, 0.3) is 11.3 Å².